The highest BCUT2D eigenvalue weighted by molar-refractivity contribution is 5.81. The molecule has 2 aliphatic rings. The van der Waals surface area contributed by atoms with Gasteiger partial charge in [0.05, 0.1) is 6.42 Å². The molecule has 25 heavy (non-hydrogen) atoms. The molecule has 0 aliphatic carbocycles. The lowest BCUT2D eigenvalue weighted by atomic mass is 9.94. The van der Waals surface area contributed by atoms with Gasteiger partial charge in [0, 0.05) is 45.2 Å². The fraction of sp³-hybridized carbons (Fsp3) is 0.526. The molecule has 1 aromatic rings. The zero-order valence-electron chi connectivity index (χ0n) is 14.5. The van der Waals surface area contributed by atoms with Crippen molar-refractivity contribution in [3.05, 3.63) is 35.9 Å². The number of carbonyl (C=O) groups excluding carboxylic acids is 3. The van der Waals surface area contributed by atoms with E-state index in [0.717, 1.165) is 24.8 Å². The maximum atomic E-state index is 12.6. The molecule has 0 N–H and O–H groups in total. The van der Waals surface area contributed by atoms with E-state index in [2.05, 4.69) is 0 Å². The van der Waals surface area contributed by atoms with Crippen LogP contribution in [0.15, 0.2) is 30.3 Å². The van der Waals surface area contributed by atoms with E-state index in [1.54, 1.807) is 4.90 Å². The molecule has 3 rings (SSSR count). The topological polar surface area (TPSA) is 60.9 Å². The molecule has 2 saturated heterocycles. The molecule has 0 aromatic heterocycles. The van der Waals surface area contributed by atoms with Gasteiger partial charge in [-0.15, -0.1) is 0 Å². The quantitative estimate of drug-likeness (QED) is 0.759. The van der Waals surface area contributed by atoms with Crippen LogP contribution in [-0.2, 0) is 20.8 Å². The lowest BCUT2D eigenvalue weighted by Crippen LogP contribution is -2.51. The van der Waals surface area contributed by atoms with Crippen molar-refractivity contribution in [2.24, 2.45) is 5.92 Å². The summed E-state index contributed by atoms with van der Waals surface area (Å²) >= 11 is 0. The number of amides is 3. The van der Waals surface area contributed by atoms with Gasteiger partial charge >= 0.3 is 0 Å². The van der Waals surface area contributed by atoms with Crippen molar-refractivity contribution in [1.82, 2.24) is 14.7 Å². The lowest BCUT2D eigenvalue weighted by molar-refractivity contribution is -0.142. The van der Waals surface area contributed by atoms with E-state index in [9.17, 15) is 14.4 Å². The fourth-order valence-corrected chi connectivity index (χ4v) is 3.56. The van der Waals surface area contributed by atoms with Gasteiger partial charge in [-0.25, -0.2) is 0 Å². The molecule has 1 aromatic carbocycles. The number of benzene rings is 1. The monoisotopic (exact) mass is 343 g/mol. The van der Waals surface area contributed by atoms with Crippen LogP contribution in [-0.4, -0.2) is 72.2 Å². The smallest absolute Gasteiger partial charge is 0.226 e. The highest BCUT2D eigenvalue weighted by Crippen LogP contribution is 2.21. The molecule has 2 fully saturated rings. The third-order valence-corrected chi connectivity index (χ3v) is 5.17. The van der Waals surface area contributed by atoms with Crippen LogP contribution in [0.2, 0.25) is 0 Å². The van der Waals surface area contributed by atoms with Gasteiger partial charge in [0.15, 0.2) is 0 Å². The molecule has 2 aliphatic heterocycles. The molecular formula is C19H25N3O3. The Morgan fingerprint density at radius 2 is 1.56 bits per heavy atom. The second-order valence-corrected chi connectivity index (χ2v) is 6.78. The summed E-state index contributed by atoms with van der Waals surface area (Å²) in [4.78, 5) is 41.2. The Morgan fingerprint density at radius 1 is 0.920 bits per heavy atom. The zero-order valence-corrected chi connectivity index (χ0v) is 14.5. The van der Waals surface area contributed by atoms with E-state index in [-0.39, 0.29) is 17.7 Å². The second kappa shape index (κ2) is 8.14. The van der Waals surface area contributed by atoms with Crippen LogP contribution in [0.25, 0.3) is 0 Å². The zero-order chi connectivity index (χ0) is 17.6. The predicted molar refractivity (Wildman–Crippen MR) is 93.7 cm³/mol. The molecule has 6 nitrogen and oxygen atoms in total. The number of nitrogens with zero attached hydrogens (tertiary/aromatic N) is 3. The maximum Gasteiger partial charge on any atom is 0.226 e. The van der Waals surface area contributed by atoms with Gasteiger partial charge in [-0.05, 0) is 18.4 Å². The highest BCUT2D eigenvalue weighted by atomic mass is 16.2. The summed E-state index contributed by atoms with van der Waals surface area (Å²) in [6.07, 6.45) is 2.73. The van der Waals surface area contributed by atoms with Crippen LogP contribution in [0.4, 0.5) is 0 Å². The van der Waals surface area contributed by atoms with Gasteiger partial charge in [-0.1, -0.05) is 30.3 Å². The van der Waals surface area contributed by atoms with Crippen molar-refractivity contribution in [3.63, 3.8) is 0 Å². The van der Waals surface area contributed by atoms with Gasteiger partial charge in [0.25, 0.3) is 0 Å². The Balaban J connectivity index is 1.46. The minimum Gasteiger partial charge on any atom is -0.342 e. The number of likely N-dealkylation sites (tertiary alicyclic amines) is 1. The van der Waals surface area contributed by atoms with E-state index in [4.69, 9.17) is 0 Å². The highest BCUT2D eigenvalue weighted by Gasteiger charge is 2.31. The van der Waals surface area contributed by atoms with Crippen molar-refractivity contribution in [3.8, 4) is 0 Å². The standard InChI is InChI=1S/C19H25N3O3/c23-15-20-10-12-22(13-11-20)19(25)17-6-8-21(9-7-17)18(24)14-16-4-2-1-3-5-16/h1-5,15,17H,6-14H2. The van der Waals surface area contributed by atoms with Gasteiger partial charge in [0.1, 0.15) is 0 Å². The van der Waals surface area contributed by atoms with Gasteiger partial charge in [0.2, 0.25) is 18.2 Å². The summed E-state index contributed by atoms with van der Waals surface area (Å²) in [5, 5.41) is 0. The van der Waals surface area contributed by atoms with Crippen molar-refractivity contribution >= 4 is 18.2 Å². The predicted octanol–water partition coefficient (Wildman–Crippen LogP) is 0.768. The Labute approximate surface area is 148 Å². The van der Waals surface area contributed by atoms with Crippen molar-refractivity contribution in [2.45, 2.75) is 19.3 Å². The van der Waals surface area contributed by atoms with E-state index in [1.165, 1.54) is 0 Å². The Kier molecular flexibility index (Phi) is 5.68. The number of piperidine rings is 1. The molecule has 6 heteroatoms. The number of piperazine rings is 1. The molecule has 2 heterocycles. The normalized spacial score (nSPS) is 19.0. The first kappa shape index (κ1) is 17.5. The van der Waals surface area contributed by atoms with E-state index in [0.29, 0.717) is 45.7 Å². The Bertz CT molecular complexity index is 604. The molecule has 0 unspecified atom stereocenters. The molecular weight excluding hydrogens is 318 g/mol. The van der Waals surface area contributed by atoms with Gasteiger partial charge in [-0.3, -0.25) is 14.4 Å². The molecule has 0 bridgehead atoms. The van der Waals surface area contributed by atoms with Crippen molar-refractivity contribution in [1.29, 1.82) is 0 Å². The number of hydrogen-bond donors (Lipinski definition) is 0. The van der Waals surface area contributed by atoms with Crippen LogP contribution >= 0.6 is 0 Å². The first-order chi connectivity index (χ1) is 12.2. The SMILES string of the molecule is O=CN1CCN(C(=O)C2CCN(C(=O)Cc3ccccc3)CC2)CC1. The Hall–Kier alpha value is -2.37. The maximum absolute atomic E-state index is 12.6. The third-order valence-electron chi connectivity index (χ3n) is 5.17. The largest absolute Gasteiger partial charge is 0.342 e. The van der Waals surface area contributed by atoms with E-state index < -0.39 is 0 Å². The molecule has 0 atom stereocenters. The van der Waals surface area contributed by atoms with Crippen molar-refractivity contribution in [2.75, 3.05) is 39.3 Å². The number of carbonyl (C=O) groups is 3. The molecule has 0 radical (unpaired) electrons. The minimum atomic E-state index is 0.00329. The summed E-state index contributed by atoms with van der Waals surface area (Å²) in [7, 11) is 0. The van der Waals surface area contributed by atoms with Gasteiger partial charge < -0.3 is 14.7 Å². The summed E-state index contributed by atoms with van der Waals surface area (Å²) in [5.74, 6) is 0.320. The fourth-order valence-electron chi connectivity index (χ4n) is 3.56. The third kappa shape index (κ3) is 4.38. The molecule has 0 saturated carbocycles. The van der Waals surface area contributed by atoms with Crippen LogP contribution in [0.5, 0.6) is 0 Å². The first-order valence-corrected chi connectivity index (χ1v) is 8.97. The summed E-state index contributed by atoms with van der Waals surface area (Å²) < 4.78 is 0. The van der Waals surface area contributed by atoms with Gasteiger partial charge in [-0.2, -0.15) is 0 Å². The molecule has 134 valence electrons. The van der Waals surface area contributed by atoms with Crippen LogP contribution in [0.3, 0.4) is 0 Å². The average molecular weight is 343 g/mol. The Morgan fingerprint density at radius 3 is 2.16 bits per heavy atom. The minimum absolute atomic E-state index is 0.00329. The van der Waals surface area contributed by atoms with E-state index >= 15 is 0 Å². The lowest BCUT2D eigenvalue weighted by Gasteiger charge is -2.37. The molecule has 0 spiro atoms. The summed E-state index contributed by atoms with van der Waals surface area (Å²) in [6, 6.07) is 9.76. The van der Waals surface area contributed by atoms with Crippen LogP contribution in [0, 0.1) is 5.92 Å². The number of hydrogen-bond acceptors (Lipinski definition) is 3. The summed E-state index contributed by atoms with van der Waals surface area (Å²) in [6.45, 7) is 3.76. The molecule has 3 amide bonds. The number of rotatable bonds is 4. The summed E-state index contributed by atoms with van der Waals surface area (Å²) in [5.41, 5.74) is 1.03. The van der Waals surface area contributed by atoms with Crippen LogP contribution < -0.4 is 0 Å². The first-order valence-electron chi connectivity index (χ1n) is 8.97. The van der Waals surface area contributed by atoms with Crippen LogP contribution in [0.1, 0.15) is 18.4 Å². The second-order valence-electron chi connectivity index (χ2n) is 6.78. The van der Waals surface area contributed by atoms with E-state index in [1.807, 2.05) is 40.1 Å². The average Bonchev–Trinajstić information content (AvgIpc) is 2.68. The van der Waals surface area contributed by atoms with Crippen molar-refractivity contribution < 1.29 is 14.4 Å².